The Kier molecular flexibility index (Phi) is 4.18. The molecular formula is C9H13BrN2O. The van der Waals surface area contributed by atoms with Crippen molar-refractivity contribution < 1.29 is 4.74 Å². The number of hydrogen-bond acceptors (Lipinski definition) is 3. The van der Waals surface area contributed by atoms with E-state index in [1.54, 1.807) is 12.4 Å². The normalized spacial score (nSPS) is 10.5. The summed E-state index contributed by atoms with van der Waals surface area (Å²) < 4.78 is 6.42. The Hall–Kier alpha value is -0.610. The van der Waals surface area contributed by atoms with E-state index in [0.29, 0.717) is 6.61 Å². The maximum absolute atomic E-state index is 5.52. The van der Waals surface area contributed by atoms with Crippen LogP contribution in [0.5, 0.6) is 5.75 Å². The van der Waals surface area contributed by atoms with Crippen molar-refractivity contribution in [3.63, 3.8) is 0 Å². The average Bonchev–Trinajstić information content (AvgIpc) is 2.08. The van der Waals surface area contributed by atoms with E-state index in [1.807, 2.05) is 20.2 Å². The second kappa shape index (κ2) is 5.19. The van der Waals surface area contributed by atoms with Crippen molar-refractivity contribution in [2.24, 2.45) is 0 Å². The third kappa shape index (κ3) is 3.74. The zero-order chi connectivity index (χ0) is 9.68. The van der Waals surface area contributed by atoms with E-state index in [-0.39, 0.29) is 0 Å². The van der Waals surface area contributed by atoms with Crippen LogP contribution in [0.15, 0.2) is 22.9 Å². The highest BCUT2D eigenvalue weighted by atomic mass is 79.9. The van der Waals surface area contributed by atoms with Gasteiger partial charge in [0.25, 0.3) is 0 Å². The molecule has 1 heterocycles. The molecule has 0 saturated carbocycles. The van der Waals surface area contributed by atoms with Crippen LogP contribution in [0.2, 0.25) is 0 Å². The van der Waals surface area contributed by atoms with Gasteiger partial charge in [0.2, 0.25) is 0 Å². The molecule has 1 aromatic rings. The average molecular weight is 245 g/mol. The smallest absolute Gasteiger partial charge is 0.136 e. The second-order valence-electron chi connectivity index (χ2n) is 2.96. The molecular weight excluding hydrogens is 232 g/mol. The van der Waals surface area contributed by atoms with Gasteiger partial charge in [-0.05, 0) is 36.1 Å². The number of halogens is 1. The molecule has 0 aliphatic carbocycles. The van der Waals surface area contributed by atoms with E-state index < -0.39 is 0 Å². The van der Waals surface area contributed by atoms with Crippen molar-refractivity contribution in [2.45, 2.75) is 0 Å². The Morgan fingerprint density at radius 3 is 2.92 bits per heavy atom. The third-order valence-corrected chi connectivity index (χ3v) is 2.13. The lowest BCUT2D eigenvalue weighted by atomic mass is 10.4. The summed E-state index contributed by atoms with van der Waals surface area (Å²) in [6, 6.07) is 1.85. The number of likely N-dealkylation sites (N-methyl/N-ethyl adjacent to an activating group) is 1. The number of pyridine rings is 1. The Balaban J connectivity index is 2.41. The van der Waals surface area contributed by atoms with Crippen molar-refractivity contribution in [3.05, 3.63) is 22.9 Å². The van der Waals surface area contributed by atoms with Gasteiger partial charge in [0.1, 0.15) is 12.4 Å². The summed E-state index contributed by atoms with van der Waals surface area (Å²) in [4.78, 5) is 6.03. The molecule has 0 spiro atoms. The van der Waals surface area contributed by atoms with Gasteiger partial charge < -0.3 is 9.64 Å². The molecule has 0 amide bonds. The lowest BCUT2D eigenvalue weighted by Gasteiger charge is -2.11. The third-order valence-electron chi connectivity index (χ3n) is 1.53. The summed E-state index contributed by atoms with van der Waals surface area (Å²) in [5, 5.41) is 0. The molecule has 1 rings (SSSR count). The fourth-order valence-electron chi connectivity index (χ4n) is 0.818. The highest BCUT2D eigenvalue weighted by Gasteiger charge is 1.99. The van der Waals surface area contributed by atoms with Crippen molar-refractivity contribution >= 4 is 15.9 Å². The van der Waals surface area contributed by atoms with Gasteiger partial charge >= 0.3 is 0 Å². The van der Waals surface area contributed by atoms with Crippen molar-refractivity contribution in [1.29, 1.82) is 0 Å². The van der Waals surface area contributed by atoms with E-state index in [1.165, 1.54) is 0 Å². The molecule has 72 valence electrons. The van der Waals surface area contributed by atoms with E-state index in [2.05, 4.69) is 25.8 Å². The van der Waals surface area contributed by atoms with Crippen LogP contribution >= 0.6 is 15.9 Å². The molecule has 1 aromatic heterocycles. The fourth-order valence-corrected chi connectivity index (χ4v) is 1.18. The van der Waals surface area contributed by atoms with Gasteiger partial charge in [0, 0.05) is 18.9 Å². The molecule has 0 aliphatic rings. The number of rotatable bonds is 4. The first-order valence-corrected chi connectivity index (χ1v) is 4.86. The minimum atomic E-state index is 0.690. The molecule has 0 radical (unpaired) electrons. The van der Waals surface area contributed by atoms with Gasteiger partial charge in [-0.25, -0.2) is 0 Å². The van der Waals surface area contributed by atoms with Gasteiger partial charge in [-0.15, -0.1) is 0 Å². The molecule has 0 aromatic carbocycles. The molecule has 0 N–H and O–H groups in total. The number of aromatic nitrogens is 1. The van der Waals surface area contributed by atoms with Crippen LogP contribution < -0.4 is 4.74 Å². The molecule has 0 atom stereocenters. The van der Waals surface area contributed by atoms with Gasteiger partial charge in [-0.1, -0.05) is 0 Å². The first-order chi connectivity index (χ1) is 6.20. The van der Waals surface area contributed by atoms with E-state index in [0.717, 1.165) is 16.8 Å². The summed E-state index contributed by atoms with van der Waals surface area (Å²) in [5.74, 6) is 0.844. The van der Waals surface area contributed by atoms with Crippen LogP contribution in [0.4, 0.5) is 0 Å². The van der Waals surface area contributed by atoms with E-state index in [4.69, 9.17) is 4.74 Å². The number of nitrogens with zero attached hydrogens (tertiary/aromatic N) is 2. The zero-order valence-corrected chi connectivity index (χ0v) is 9.41. The topological polar surface area (TPSA) is 25.4 Å². The largest absolute Gasteiger partial charge is 0.491 e. The Bertz CT molecular complexity index is 266. The summed E-state index contributed by atoms with van der Waals surface area (Å²) in [5.41, 5.74) is 0. The minimum Gasteiger partial charge on any atom is -0.491 e. The Morgan fingerprint density at radius 1 is 1.54 bits per heavy atom. The quantitative estimate of drug-likeness (QED) is 0.808. The molecule has 0 fully saturated rings. The summed E-state index contributed by atoms with van der Waals surface area (Å²) in [7, 11) is 4.04. The molecule has 13 heavy (non-hydrogen) atoms. The highest BCUT2D eigenvalue weighted by Crippen LogP contribution is 2.22. The lowest BCUT2D eigenvalue weighted by molar-refractivity contribution is 0.260. The van der Waals surface area contributed by atoms with Crippen LogP contribution in [0, 0.1) is 0 Å². The monoisotopic (exact) mass is 244 g/mol. The van der Waals surface area contributed by atoms with Gasteiger partial charge in [0.15, 0.2) is 0 Å². The Labute approximate surface area is 86.9 Å². The Morgan fingerprint density at radius 2 is 2.31 bits per heavy atom. The molecule has 0 bridgehead atoms. The van der Waals surface area contributed by atoms with E-state index >= 15 is 0 Å². The van der Waals surface area contributed by atoms with Gasteiger partial charge in [-0.3, -0.25) is 4.98 Å². The molecule has 4 heteroatoms. The maximum atomic E-state index is 5.52. The second-order valence-corrected chi connectivity index (χ2v) is 3.81. The number of hydrogen-bond donors (Lipinski definition) is 0. The van der Waals surface area contributed by atoms with Gasteiger partial charge in [0.05, 0.1) is 4.47 Å². The predicted octanol–water partition coefficient (Wildman–Crippen LogP) is 1.78. The SMILES string of the molecule is CN(C)CCOc1ccncc1Br. The molecule has 3 nitrogen and oxygen atoms in total. The standard InChI is InChI=1S/C9H13BrN2O/c1-12(2)5-6-13-9-3-4-11-7-8(9)10/h3-4,7H,5-6H2,1-2H3. The van der Waals surface area contributed by atoms with Crippen molar-refractivity contribution in [3.8, 4) is 5.75 Å². The first-order valence-electron chi connectivity index (χ1n) is 4.07. The van der Waals surface area contributed by atoms with Crippen molar-refractivity contribution in [2.75, 3.05) is 27.2 Å². The van der Waals surface area contributed by atoms with Crippen LogP contribution in [0.3, 0.4) is 0 Å². The summed E-state index contributed by atoms with van der Waals surface area (Å²) in [6.07, 6.45) is 3.45. The van der Waals surface area contributed by atoms with Crippen LogP contribution in [-0.2, 0) is 0 Å². The zero-order valence-electron chi connectivity index (χ0n) is 7.83. The summed E-state index contributed by atoms with van der Waals surface area (Å²) in [6.45, 7) is 1.60. The van der Waals surface area contributed by atoms with Crippen LogP contribution in [0.25, 0.3) is 0 Å². The minimum absolute atomic E-state index is 0.690. The first kappa shape index (κ1) is 10.5. The van der Waals surface area contributed by atoms with Crippen LogP contribution in [-0.4, -0.2) is 37.1 Å². The fraction of sp³-hybridized carbons (Fsp3) is 0.444. The molecule has 0 aliphatic heterocycles. The van der Waals surface area contributed by atoms with Crippen molar-refractivity contribution in [1.82, 2.24) is 9.88 Å². The summed E-state index contributed by atoms with van der Waals surface area (Å²) >= 11 is 3.36. The maximum Gasteiger partial charge on any atom is 0.136 e. The van der Waals surface area contributed by atoms with E-state index in [9.17, 15) is 0 Å². The predicted molar refractivity (Wildman–Crippen MR) is 56.0 cm³/mol. The number of ether oxygens (including phenoxy) is 1. The molecule has 0 saturated heterocycles. The highest BCUT2D eigenvalue weighted by molar-refractivity contribution is 9.10. The van der Waals surface area contributed by atoms with Gasteiger partial charge in [-0.2, -0.15) is 0 Å². The van der Waals surface area contributed by atoms with Crippen LogP contribution in [0.1, 0.15) is 0 Å². The lowest BCUT2D eigenvalue weighted by Crippen LogP contribution is -2.19. The molecule has 0 unspecified atom stereocenters.